The summed E-state index contributed by atoms with van der Waals surface area (Å²) in [4.78, 5) is 12.3. The van der Waals surface area contributed by atoms with Gasteiger partial charge >= 0.3 is 27.2 Å². The summed E-state index contributed by atoms with van der Waals surface area (Å²) < 4.78 is 67.4. The fourth-order valence-corrected chi connectivity index (χ4v) is 3.42. The number of nitrogens with zero attached hydrogens (tertiary/aromatic N) is 5. The third kappa shape index (κ3) is 5.48. The van der Waals surface area contributed by atoms with Gasteiger partial charge in [-0.3, -0.25) is 15.1 Å². The minimum absolute atomic E-state index is 0. The summed E-state index contributed by atoms with van der Waals surface area (Å²) in [5.74, 6) is -1.86. The van der Waals surface area contributed by atoms with Crippen molar-refractivity contribution in [1.82, 2.24) is 24.7 Å². The Labute approximate surface area is 212 Å². The van der Waals surface area contributed by atoms with Crippen molar-refractivity contribution in [3.63, 3.8) is 0 Å². The second-order valence-corrected chi connectivity index (χ2v) is 8.39. The van der Waals surface area contributed by atoms with E-state index in [0.29, 0.717) is 11.4 Å². The summed E-state index contributed by atoms with van der Waals surface area (Å²) >= 11 is 0. The van der Waals surface area contributed by atoms with Crippen LogP contribution in [0.3, 0.4) is 0 Å². The van der Waals surface area contributed by atoms with Crippen molar-refractivity contribution >= 4 is 0 Å². The number of aromatic nitrogens is 5. The van der Waals surface area contributed by atoms with Gasteiger partial charge in [-0.15, -0.1) is 12.1 Å². The minimum Gasteiger partial charge on any atom is -0.343 e. The first kappa shape index (κ1) is 26.6. The van der Waals surface area contributed by atoms with Gasteiger partial charge in [0, 0.05) is 16.8 Å². The fraction of sp³-hybridized carbons (Fsp3) is 0.250. The van der Waals surface area contributed by atoms with Crippen LogP contribution >= 0.6 is 0 Å². The molecule has 0 N–H and O–H groups in total. The number of hydrogen-bond donors (Lipinski definition) is 0. The average Bonchev–Trinajstić information content (AvgIpc) is 3.24. The molecule has 0 radical (unpaired) electrons. The van der Waals surface area contributed by atoms with E-state index < -0.39 is 29.2 Å². The molecule has 4 aromatic rings. The predicted molar refractivity (Wildman–Crippen MR) is 113 cm³/mol. The Bertz CT molecular complexity index is 1380. The van der Waals surface area contributed by atoms with Crippen LogP contribution in [-0.2, 0) is 32.7 Å². The van der Waals surface area contributed by atoms with Gasteiger partial charge in [0.15, 0.2) is 0 Å². The molecule has 0 fully saturated rings. The van der Waals surface area contributed by atoms with Crippen LogP contribution in [0.25, 0.3) is 17.1 Å². The zero-order valence-electron chi connectivity index (χ0n) is 18.9. The third-order valence-corrected chi connectivity index (χ3v) is 5.25. The summed E-state index contributed by atoms with van der Waals surface area (Å²) in [7, 11) is 0. The molecule has 4 rings (SSSR count). The van der Waals surface area contributed by atoms with Crippen molar-refractivity contribution in [2.24, 2.45) is 0 Å². The largest absolute Gasteiger partial charge is 2.00 e. The summed E-state index contributed by atoms with van der Waals surface area (Å²) in [6, 6.07) is 11.0. The number of rotatable bonds is 4. The average molecular weight is 667 g/mol. The normalized spacial score (nSPS) is 11.9. The number of alkyl halides is 3. The molecule has 11 heteroatoms. The van der Waals surface area contributed by atoms with Gasteiger partial charge in [-0.2, -0.15) is 13.2 Å². The van der Waals surface area contributed by atoms with E-state index in [4.69, 9.17) is 0 Å². The molecule has 0 unspecified atom stereocenters. The van der Waals surface area contributed by atoms with E-state index in [9.17, 15) is 22.0 Å². The molecule has 4 aromatic heterocycles. The smallest absolute Gasteiger partial charge is 0.343 e. The van der Waals surface area contributed by atoms with Crippen molar-refractivity contribution in [2.75, 3.05) is 0 Å². The van der Waals surface area contributed by atoms with E-state index in [1.807, 2.05) is 13.8 Å². The first-order valence-corrected chi connectivity index (χ1v) is 10.1. The van der Waals surface area contributed by atoms with E-state index in [-0.39, 0.29) is 38.1 Å². The maximum Gasteiger partial charge on any atom is 2.00 e. The van der Waals surface area contributed by atoms with Gasteiger partial charge in [0.05, 0.1) is 11.5 Å². The Morgan fingerprint density at radius 3 is 2.06 bits per heavy atom. The van der Waals surface area contributed by atoms with Crippen molar-refractivity contribution in [3.05, 3.63) is 88.8 Å². The van der Waals surface area contributed by atoms with Gasteiger partial charge in [-0.25, -0.2) is 8.78 Å². The van der Waals surface area contributed by atoms with Gasteiger partial charge in [-0.05, 0) is 45.5 Å². The van der Waals surface area contributed by atoms with Crippen LogP contribution in [0, 0.1) is 38.0 Å². The Balaban J connectivity index is 0.00000342. The standard InChI is InChI=1S/C24H18F5N5.Pt/c1-13-9-16(15-5-6-20(25)32-22(15)26)30-18(10-13)23(3,4)19-11-14(2)12-21(31-19)34-8-7-17(33-34)24(27,28)29;/h6-7,9-12H,1-4H3;/q-2;+2. The minimum atomic E-state index is -4.60. The van der Waals surface area contributed by atoms with E-state index >= 15 is 0 Å². The van der Waals surface area contributed by atoms with E-state index in [0.717, 1.165) is 27.9 Å². The summed E-state index contributed by atoms with van der Waals surface area (Å²) in [6.07, 6.45) is -2.15. The fourth-order valence-electron chi connectivity index (χ4n) is 3.42. The van der Waals surface area contributed by atoms with Crippen LogP contribution < -0.4 is 0 Å². The van der Waals surface area contributed by atoms with E-state index in [1.165, 1.54) is 0 Å². The summed E-state index contributed by atoms with van der Waals surface area (Å²) in [5, 5.41) is 3.55. The molecule has 0 bridgehead atoms. The SMILES string of the molecule is Cc1cc(-c2[c-]cc(F)nc2F)nc(C(C)(C)c2cc(C)cc(-n3[c-]cc(C(F)(F)F)n3)n2)c1.[Pt+2]. The Morgan fingerprint density at radius 2 is 1.46 bits per heavy atom. The van der Waals surface area contributed by atoms with Crippen molar-refractivity contribution in [3.8, 4) is 17.1 Å². The van der Waals surface area contributed by atoms with Crippen LogP contribution in [0.2, 0.25) is 0 Å². The van der Waals surface area contributed by atoms with Gasteiger partial charge in [0.25, 0.3) is 0 Å². The molecule has 0 atom stereocenters. The Morgan fingerprint density at radius 1 is 0.829 bits per heavy atom. The zero-order valence-corrected chi connectivity index (χ0v) is 21.2. The van der Waals surface area contributed by atoms with Crippen LogP contribution in [0.15, 0.2) is 36.4 Å². The van der Waals surface area contributed by atoms with Crippen LogP contribution in [-0.4, -0.2) is 24.7 Å². The van der Waals surface area contributed by atoms with Crippen molar-refractivity contribution in [1.29, 1.82) is 0 Å². The quantitative estimate of drug-likeness (QED) is 0.163. The number of pyridine rings is 3. The van der Waals surface area contributed by atoms with Gasteiger partial charge in [0.1, 0.15) is 11.9 Å². The van der Waals surface area contributed by atoms with Gasteiger partial charge in [0.2, 0.25) is 0 Å². The zero-order chi connectivity index (χ0) is 24.8. The Hall–Kier alpha value is -3.00. The molecule has 35 heavy (non-hydrogen) atoms. The predicted octanol–water partition coefficient (Wildman–Crippen LogP) is 5.56. The maximum atomic E-state index is 14.3. The van der Waals surface area contributed by atoms with Crippen LogP contribution in [0.1, 0.15) is 42.1 Å². The van der Waals surface area contributed by atoms with Crippen LogP contribution in [0.5, 0.6) is 0 Å². The molecular formula is C24H18F5N5Pt. The molecule has 0 aliphatic heterocycles. The third-order valence-electron chi connectivity index (χ3n) is 5.25. The molecule has 0 saturated heterocycles. The van der Waals surface area contributed by atoms with Crippen LogP contribution in [0.4, 0.5) is 22.0 Å². The topological polar surface area (TPSA) is 56.5 Å². The molecule has 4 heterocycles. The van der Waals surface area contributed by atoms with Crippen molar-refractivity contribution in [2.45, 2.75) is 39.3 Å². The van der Waals surface area contributed by atoms with E-state index in [1.54, 1.807) is 38.1 Å². The van der Waals surface area contributed by atoms with Gasteiger partial charge in [-0.1, -0.05) is 41.1 Å². The maximum absolute atomic E-state index is 14.3. The first-order valence-electron chi connectivity index (χ1n) is 10.1. The molecular weight excluding hydrogens is 648 g/mol. The summed E-state index contributed by atoms with van der Waals surface area (Å²) in [6.45, 7) is 7.25. The molecule has 0 aliphatic carbocycles. The molecule has 0 amide bonds. The first-order chi connectivity index (χ1) is 15.8. The molecule has 0 spiro atoms. The summed E-state index contributed by atoms with van der Waals surface area (Å²) in [5.41, 5.74) is 0.740. The molecule has 0 aliphatic rings. The molecule has 5 nitrogen and oxygen atoms in total. The molecule has 184 valence electrons. The second-order valence-electron chi connectivity index (χ2n) is 8.39. The van der Waals surface area contributed by atoms with Crippen molar-refractivity contribution < 1.29 is 43.0 Å². The number of halogens is 5. The number of aryl methyl sites for hydroxylation is 2. The molecule has 0 aromatic carbocycles. The Kier molecular flexibility index (Phi) is 7.27. The molecule has 0 saturated carbocycles. The van der Waals surface area contributed by atoms with Gasteiger partial charge < -0.3 is 9.67 Å². The monoisotopic (exact) mass is 666 g/mol. The number of hydrogen-bond acceptors (Lipinski definition) is 4. The second kappa shape index (κ2) is 9.57. The van der Waals surface area contributed by atoms with E-state index in [2.05, 4.69) is 32.3 Å².